The van der Waals surface area contributed by atoms with Crippen molar-refractivity contribution in [2.75, 3.05) is 24.7 Å². The van der Waals surface area contributed by atoms with Crippen LogP contribution in [0.15, 0.2) is 24.3 Å². The van der Waals surface area contributed by atoms with Gasteiger partial charge in [0.1, 0.15) is 11.4 Å². The third kappa shape index (κ3) is 4.85. The minimum absolute atomic E-state index is 0.168. The fraction of sp³-hybridized carbons (Fsp3) is 0.600. The molecule has 1 saturated heterocycles. The molecule has 0 saturated carbocycles. The molecular weight excluding hydrogens is 295 g/mol. The van der Waals surface area contributed by atoms with Gasteiger partial charge in [-0.15, -0.1) is 0 Å². The van der Waals surface area contributed by atoms with E-state index in [1.165, 1.54) is 6.07 Å². The van der Waals surface area contributed by atoms with Crippen LogP contribution in [0.2, 0.25) is 0 Å². The molecule has 0 radical (unpaired) electrons. The van der Waals surface area contributed by atoms with Crippen molar-refractivity contribution in [3.8, 4) is 0 Å². The predicted molar refractivity (Wildman–Crippen MR) is 78.8 cm³/mol. The zero-order valence-electron chi connectivity index (χ0n) is 12.3. The molecule has 0 aliphatic carbocycles. The molecule has 0 aromatic heterocycles. The number of hydrogen-bond acceptors (Lipinski definition) is 4. The van der Waals surface area contributed by atoms with Crippen molar-refractivity contribution < 1.29 is 22.8 Å². The summed E-state index contributed by atoms with van der Waals surface area (Å²) in [6.07, 6.45) is -0.448. The molecule has 1 aromatic carbocycles. The van der Waals surface area contributed by atoms with E-state index in [-0.39, 0.29) is 12.4 Å². The summed E-state index contributed by atoms with van der Waals surface area (Å²) in [7, 11) is -0.926. The first kappa shape index (κ1) is 16.5. The van der Waals surface area contributed by atoms with Crippen LogP contribution in [0, 0.1) is 5.82 Å². The van der Waals surface area contributed by atoms with E-state index in [0.29, 0.717) is 30.3 Å². The first-order valence-corrected chi connectivity index (χ1v) is 8.47. The fourth-order valence-electron chi connectivity index (χ4n) is 1.94. The standard InChI is InChI=1S/C15H21FO4S/c1-3-21(17)9-14-18-10-15(2,11-19-14)20-8-12-6-4-5-7-13(12)16/h4-7,14H,3,8-11H2,1-2H3. The molecule has 0 amide bonds. The van der Waals surface area contributed by atoms with Crippen LogP contribution in [0.25, 0.3) is 0 Å². The van der Waals surface area contributed by atoms with E-state index in [9.17, 15) is 8.60 Å². The lowest BCUT2D eigenvalue weighted by Gasteiger charge is -2.37. The highest BCUT2D eigenvalue weighted by atomic mass is 32.2. The second-order valence-electron chi connectivity index (χ2n) is 5.28. The Hall–Kier alpha value is -0.820. The maximum absolute atomic E-state index is 13.5. The van der Waals surface area contributed by atoms with E-state index in [0.717, 1.165) is 0 Å². The molecule has 1 heterocycles. The van der Waals surface area contributed by atoms with Gasteiger partial charge in [0.25, 0.3) is 0 Å². The fourth-order valence-corrected chi connectivity index (χ4v) is 2.68. The molecule has 6 heteroatoms. The molecular formula is C15H21FO4S. The van der Waals surface area contributed by atoms with E-state index >= 15 is 0 Å². The molecule has 0 spiro atoms. The Morgan fingerprint density at radius 3 is 2.67 bits per heavy atom. The van der Waals surface area contributed by atoms with Crippen molar-refractivity contribution in [1.82, 2.24) is 0 Å². The Kier molecular flexibility index (Phi) is 5.87. The van der Waals surface area contributed by atoms with Gasteiger partial charge in [0.15, 0.2) is 6.29 Å². The molecule has 0 bridgehead atoms. The van der Waals surface area contributed by atoms with Crippen LogP contribution in [-0.2, 0) is 31.6 Å². The van der Waals surface area contributed by atoms with Gasteiger partial charge in [-0.2, -0.15) is 0 Å². The Morgan fingerprint density at radius 1 is 1.38 bits per heavy atom. The van der Waals surface area contributed by atoms with Gasteiger partial charge in [-0.05, 0) is 13.0 Å². The summed E-state index contributed by atoms with van der Waals surface area (Å²) in [5.41, 5.74) is -0.111. The third-order valence-corrected chi connectivity index (χ3v) is 4.61. The highest BCUT2D eigenvalue weighted by Crippen LogP contribution is 2.22. The van der Waals surface area contributed by atoms with Gasteiger partial charge in [-0.1, -0.05) is 25.1 Å². The van der Waals surface area contributed by atoms with Gasteiger partial charge in [0, 0.05) is 22.1 Å². The Labute approximate surface area is 127 Å². The summed E-state index contributed by atoms with van der Waals surface area (Å²) in [5.74, 6) is 0.680. The molecule has 1 aromatic rings. The molecule has 118 valence electrons. The van der Waals surface area contributed by atoms with Gasteiger partial charge >= 0.3 is 0 Å². The summed E-state index contributed by atoms with van der Waals surface area (Å²) in [6, 6.07) is 6.52. The SMILES string of the molecule is CCS(=O)CC1OCC(C)(OCc2ccccc2F)CO1. The lowest BCUT2D eigenvalue weighted by Crippen LogP contribution is -2.48. The lowest BCUT2D eigenvalue weighted by molar-refractivity contribution is -0.254. The van der Waals surface area contributed by atoms with E-state index in [4.69, 9.17) is 14.2 Å². The van der Waals surface area contributed by atoms with E-state index in [1.807, 2.05) is 13.8 Å². The first-order valence-electron chi connectivity index (χ1n) is 6.98. The largest absolute Gasteiger partial charge is 0.366 e. The van der Waals surface area contributed by atoms with Crippen LogP contribution in [0.1, 0.15) is 19.4 Å². The summed E-state index contributed by atoms with van der Waals surface area (Å²) >= 11 is 0. The number of hydrogen-bond donors (Lipinski definition) is 0. The maximum atomic E-state index is 13.5. The first-order chi connectivity index (χ1) is 10.0. The van der Waals surface area contributed by atoms with Crippen LogP contribution in [-0.4, -0.2) is 40.8 Å². The van der Waals surface area contributed by atoms with Crippen LogP contribution < -0.4 is 0 Å². The maximum Gasteiger partial charge on any atom is 0.169 e. The van der Waals surface area contributed by atoms with Crippen LogP contribution in [0.4, 0.5) is 4.39 Å². The molecule has 1 aliphatic rings. The van der Waals surface area contributed by atoms with E-state index in [2.05, 4.69) is 0 Å². The van der Waals surface area contributed by atoms with Gasteiger partial charge in [0.2, 0.25) is 0 Å². The van der Waals surface area contributed by atoms with Crippen molar-refractivity contribution in [3.05, 3.63) is 35.6 Å². The summed E-state index contributed by atoms with van der Waals surface area (Å²) in [5, 5.41) is 0. The van der Waals surface area contributed by atoms with Crippen molar-refractivity contribution in [1.29, 1.82) is 0 Å². The molecule has 1 atom stereocenters. The number of ether oxygens (including phenoxy) is 3. The molecule has 4 nitrogen and oxygen atoms in total. The number of benzene rings is 1. The van der Waals surface area contributed by atoms with Crippen LogP contribution >= 0.6 is 0 Å². The lowest BCUT2D eigenvalue weighted by atomic mass is 10.1. The Balaban J connectivity index is 1.82. The number of rotatable bonds is 6. The average molecular weight is 316 g/mol. The minimum Gasteiger partial charge on any atom is -0.366 e. The van der Waals surface area contributed by atoms with E-state index < -0.39 is 22.7 Å². The van der Waals surface area contributed by atoms with Gasteiger partial charge in [0.05, 0.1) is 25.6 Å². The molecule has 0 N–H and O–H groups in total. The molecule has 1 unspecified atom stereocenters. The summed E-state index contributed by atoms with van der Waals surface area (Å²) < 4.78 is 41.9. The van der Waals surface area contributed by atoms with Crippen LogP contribution in [0.5, 0.6) is 0 Å². The van der Waals surface area contributed by atoms with Crippen molar-refractivity contribution >= 4 is 10.8 Å². The molecule has 1 fully saturated rings. The summed E-state index contributed by atoms with van der Waals surface area (Å²) in [6.45, 7) is 4.57. The minimum atomic E-state index is -0.926. The van der Waals surface area contributed by atoms with Crippen LogP contribution in [0.3, 0.4) is 0 Å². The number of halogens is 1. The van der Waals surface area contributed by atoms with Gasteiger partial charge in [-0.25, -0.2) is 4.39 Å². The Morgan fingerprint density at radius 2 is 2.05 bits per heavy atom. The Bertz CT molecular complexity index is 486. The van der Waals surface area contributed by atoms with E-state index in [1.54, 1.807) is 18.2 Å². The highest BCUT2D eigenvalue weighted by Gasteiger charge is 2.34. The van der Waals surface area contributed by atoms with Crippen molar-refractivity contribution in [3.63, 3.8) is 0 Å². The van der Waals surface area contributed by atoms with Gasteiger partial charge < -0.3 is 14.2 Å². The second kappa shape index (κ2) is 7.45. The zero-order valence-corrected chi connectivity index (χ0v) is 13.2. The van der Waals surface area contributed by atoms with Crippen molar-refractivity contribution in [2.45, 2.75) is 32.3 Å². The average Bonchev–Trinajstić information content (AvgIpc) is 2.49. The quantitative estimate of drug-likeness (QED) is 0.807. The molecule has 21 heavy (non-hydrogen) atoms. The summed E-state index contributed by atoms with van der Waals surface area (Å²) in [4.78, 5) is 0. The third-order valence-electron chi connectivity index (χ3n) is 3.33. The highest BCUT2D eigenvalue weighted by molar-refractivity contribution is 7.84. The smallest absolute Gasteiger partial charge is 0.169 e. The zero-order chi connectivity index (χ0) is 15.3. The second-order valence-corrected chi connectivity index (χ2v) is 7.07. The van der Waals surface area contributed by atoms with Crippen molar-refractivity contribution in [2.24, 2.45) is 0 Å². The predicted octanol–water partition coefficient (Wildman–Crippen LogP) is 2.24. The normalized spacial score (nSPS) is 27.5. The molecule has 2 rings (SSSR count). The van der Waals surface area contributed by atoms with Gasteiger partial charge in [-0.3, -0.25) is 4.21 Å². The molecule has 1 aliphatic heterocycles. The topological polar surface area (TPSA) is 44.8 Å². The monoisotopic (exact) mass is 316 g/mol.